The van der Waals surface area contributed by atoms with E-state index in [-0.39, 0.29) is 5.38 Å². The van der Waals surface area contributed by atoms with Gasteiger partial charge in [-0.25, -0.2) is 0 Å². The molecule has 3 unspecified atom stereocenters. The van der Waals surface area contributed by atoms with Gasteiger partial charge in [-0.2, -0.15) is 0 Å². The minimum Gasteiger partial charge on any atom is -0.496 e. The highest BCUT2D eigenvalue weighted by Gasteiger charge is 2.38. The Bertz CT molecular complexity index is 366. The lowest BCUT2D eigenvalue weighted by Gasteiger charge is -2.14. The largest absolute Gasteiger partial charge is 0.496 e. The minimum absolute atomic E-state index is 0.00931. The maximum Gasteiger partial charge on any atom is 0.124 e. The second kappa shape index (κ2) is 4.17. The van der Waals surface area contributed by atoms with Crippen LogP contribution >= 0.6 is 11.6 Å². The molecule has 0 aromatic heterocycles. The molecule has 1 aliphatic rings. The lowest BCUT2D eigenvalue weighted by atomic mass is 9.96. The molecule has 0 amide bonds. The van der Waals surface area contributed by atoms with Crippen LogP contribution in [0.2, 0.25) is 0 Å². The smallest absolute Gasteiger partial charge is 0.124 e. The summed E-state index contributed by atoms with van der Waals surface area (Å²) >= 11 is 6.47. The first-order valence-electron chi connectivity index (χ1n) is 5.50. The molecule has 1 aliphatic carbocycles. The van der Waals surface area contributed by atoms with Gasteiger partial charge in [-0.15, -0.1) is 11.6 Å². The van der Waals surface area contributed by atoms with Crippen molar-refractivity contribution < 1.29 is 9.47 Å². The summed E-state index contributed by atoms with van der Waals surface area (Å²) in [6.07, 6.45) is 0. The number of ether oxygens (including phenoxy) is 2. The molecule has 0 N–H and O–H groups in total. The third kappa shape index (κ3) is 1.47. The lowest BCUT2D eigenvalue weighted by Crippen LogP contribution is -2.01. The van der Waals surface area contributed by atoms with Crippen LogP contribution in [0.4, 0.5) is 0 Å². The van der Waals surface area contributed by atoms with Crippen LogP contribution in [-0.4, -0.2) is 14.2 Å². The van der Waals surface area contributed by atoms with Crippen molar-refractivity contribution in [2.75, 3.05) is 14.2 Å². The Morgan fingerprint density at radius 2 is 1.50 bits per heavy atom. The third-order valence-electron chi connectivity index (χ3n) is 3.63. The van der Waals surface area contributed by atoms with Gasteiger partial charge in [-0.05, 0) is 24.0 Å². The summed E-state index contributed by atoms with van der Waals surface area (Å²) < 4.78 is 10.8. The fourth-order valence-electron chi connectivity index (χ4n) is 2.49. The van der Waals surface area contributed by atoms with Crippen molar-refractivity contribution in [1.29, 1.82) is 0 Å². The number of alkyl halides is 1. The molecule has 88 valence electrons. The number of hydrogen-bond donors (Lipinski definition) is 0. The number of methoxy groups -OCH3 is 2. The summed E-state index contributed by atoms with van der Waals surface area (Å²) in [7, 11) is 3.38. The standard InChI is InChI=1S/C13H17ClO2/c1-7-8(2)13(14)12-10(16-4)6-5-9(15-3)11(7)12/h5-8,13H,1-4H3. The summed E-state index contributed by atoms with van der Waals surface area (Å²) in [5, 5.41) is 0.00931. The van der Waals surface area contributed by atoms with Gasteiger partial charge in [0.25, 0.3) is 0 Å². The van der Waals surface area contributed by atoms with E-state index in [4.69, 9.17) is 21.1 Å². The second-order valence-corrected chi connectivity index (χ2v) is 4.82. The number of fused-ring (bicyclic) bond motifs is 1. The van der Waals surface area contributed by atoms with E-state index < -0.39 is 0 Å². The number of halogens is 1. The zero-order valence-corrected chi connectivity index (χ0v) is 10.8. The van der Waals surface area contributed by atoms with Crippen LogP contribution in [0.3, 0.4) is 0 Å². The maximum absolute atomic E-state index is 6.47. The molecule has 16 heavy (non-hydrogen) atoms. The van der Waals surface area contributed by atoms with Gasteiger partial charge in [0.15, 0.2) is 0 Å². The van der Waals surface area contributed by atoms with Crippen molar-refractivity contribution in [3.8, 4) is 11.5 Å². The fraction of sp³-hybridized carbons (Fsp3) is 0.538. The first-order chi connectivity index (χ1) is 7.61. The van der Waals surface area contributed by atoms with Gasteiger partial charge in [-0.1, -0.05) is 13.8 Å². The second-order valence-electron chi connectivity index (χ2n) is 4.35. The Morgan fingerprint density at radius 3 is 2.00 bits per heavy atom. The van der Waals surface area contributed by atoms with Crippen molar-refractivity contribution in [2.45, 2.75) is 25.1 Å². The molecule has 0 radical (unpaired) electrons. The maximum atomic E-state index is 6.47. The van der Waals surface area contributed by atoms with Crippen LogP contribution in [0.15, 0.2) is 12.1 Å². The molecule has 0 fully saturated rings. The van der Waals surface area contributed by atoms with Gasteiger partial charge in [0.1, 0.15) is 11.5 Å². The SMILES string of the molecule is COc1ccc(OC)c2c1C(C)C(C)C2Cl. The number of hydrogen-bond acceptors (Lipinski definition) is 2. The molecule has 1 aromatic rings. The van der Waals surface area contributed by atoms with Gasteiger partial charge in [0, 0.05) is 11.1 Å². The monoisotopic (exact) mass is 240 g/mol. The van der Waals surface area contributed by atoms with Crippen LogP contribution in [0, 0.1) is 5.92 Å². The van der Waals surface area contributed by atoms with Crippen molar-refractivity contribution in [1.82, 2.24) is 0 Å². The number of benzene rings is 1. The molecule has 2 rings (SSSR count). The zero-order chi connectivity index (χ0) is 11.9. The highest BCUT2D eigenvalue weighted by atomic mass is 35.5. The van der Waals surface area contributed by atoms with Gasteiger partial charge >= 0.3 is 0 Å². The molecular weight excluding hydrogens is 224 g/mol. The normalized spacial score (nSPS) is 27.7. The molecule has 0 saturated heterocycles. The Labute approximate surface area is 102 Å². The van der Waals surface area contributed by atoms with Gasteiger partial charge < -0.3 is 9.47 Å². The minimum atomic E-state index is 0.00931. The molecule has 0 heterocycles. The van der Waals surface area contributed by atoms with Crippen LogP contribution in [0.1, 0.15) is 36.3 Å². The average molecular weight is 241 g/mol. The highest BCUT2D eigenvalue weighted by molar-refractivity contribution is 6.21. The summed E-state index contributed by atoms with van der Waals surface area (Å²) in [5.41, 5.74) is 2.30. The molecule has 0 spiro atoms. The number of rotatable bonds is 2. The van der Waals surface area contributed by atoms with Gasteiger partial charge in [-0.3, -0.25) is 0 Å². The Balaban J connectivity index is 2.64. The van der Waals surface area contributed by atoms with Gasteiger partial charge in [0.2, 0.25) is 0 Å². The van der Waals surface area contributed by atoms with E-state index in [9.17, 15) is 0 Å². The van der Waals surface area contributed by atoms with Crippen molar-refractivity contribution in [3.05, 3.63) is 23.3 Å². The predicted molar refractivity (Wildman–Crippen MR) is 65.7 cm³/mol. The zero-order valence-electron chi connectivity index (χ0n) is 10.1. The molecule has 0 saturated carbocycles. The van der Waals surface area contributed by atoms with E-state index in [1.165, 1.54) is 5.56 Å². The van der Waals surface area contributed by atoms with Crippen molar-refractivity contribution >= 4 is 11.6 Å². The molecule has 3 heteroatoms. The molecule has 2 nitrogen and oxygen atoms in total. The Kier molecular flexibility index (Phi) is 3.02. The molecule has 0 bridgehead atoms. The molecule has 3 atom stereocenters. The quantitative estimate of drug-likeness (QED) is 0.734. The fourth-order valence-corrected chi connectivity index (χ4v) is 2.93. The highest BCUT2D eigenvalue weighted by Crippen LogP contribution is 2.54. The van der Waals surface area contributed by atoms with E-state index in [2.05, 4.69) is 13.8 Å². The Hall–Kier alpha value is -0.890. The third-order valence-corrected chi connectivity index (χ3v) is 4.24. The van der Waals surface area contributed by atoms with Crippen LogP contribution in [0.25, 0.3) is 0 Å². The topological polar surface area (TPSA) is 18.5 Å². The summed E-state index contributed by atoms with van der Waals surface area (Å²) in [6.45, 7) is 4.36. The Morgan fingerprint density at radius 1 is 1.00 bits per heavy atom. The first kappa shape index (κ1) is 11.6. The lowest BCUT2D eigenvalue weighted by molar-refractivity contribution is 0.396. The molecular formula is C13H17ClO2. The van der Waals surface area contributed by atoms with Crippen molar-refractivity contribution in [2.24, 2.45) is 5.92 Å². The molecule has 1 aromatic carbocycles. The van der Waals surface area contributed by atoms with Crippen LogP contribution in [-0.2, 0) is 0 Å². The summed E-state index contributed by atoms with van der Waals surface area (Å²) in [5.74, 6) is 2.59. The van der Waals surface area contributed by atoms with E-state index in [1.54, 1.807) is 14.2 Å². The van der Waals surface area contributed by atoms with E-state index >= 15 is 0 Å². The van der Waals surface area contributed by atoms with E-state index in [0.29, 0.717) is 11.8 Å². The molecule has 0 aliphatic heterocycles. The van der Waals surface area contributed by atoms with Crippen LogP contribution < -0.4 is 9.47 Å². The van der Waals surface area contributed by atoms with Crippen LogP contribution in [0.5, 0.6) is 11.5 Å². The predicted octanol–water partition coefficient (Wildman–Crippen LogP) is 3.74. The van der Waals surface area contributed by atoms with E-state index in [1.807, 2.05) is 12.1 Å². The van der Waals surface area contributed by atoms with E-state index in [0.717, 1.165) is 17.1 Å². The van der Waals surface area contributed by atoms with Crippen molar-refractivity contribution in [3.63, 3.8) is 0 Å². The average Bonchev–Trinajstić information content (AvgIpc) is 2.54. The first-order valence-corrected chi connectivity index (χ1v) is 5.94. The summed E-state index contributed by atoms with van der Waals surface area (Å²) in [4.78, 5) is 0. The summed E-state index contributed by atoms with van der Waals surface area (Å²) in [6, 6.07) is 3.88. The van der Waals surface area contributed by atoms with Gasteiger partial charge in [0.05, 0.1) is 19.6 Å².